The number of alkyl halides is 3. The molecule has 1 aromatic heterocycles. The van der Waals surface area contributed by atoms with Crippen LogP contribution in [-0.4, -0.2) is 18.0 Å². The zero-order valence-corrected chi connectivity index (χ0v) is 12.2. The summed E-state index contributed by atoms with van der Waals surface area (Å²) in [6.07, 6.45) is -6.29. The first-order chi connectivity index (χ1) is 10.7. The third-order valence-corrected chi connectivity index (χ3v) is 3.33. The Hall–Kier alpha value is -2.42. The lowest BCUT2D eigenvalue weighted by molar-refractivity contribution is -0.150. The standard InChI is InChI=1S/C14H10F4N2O2S/c15-10-2-1-9(19-12(21)6-14(16,17)18)5-11(10)20-13(22)8-3-4-23-7-8/h1-5,7H,6H2,(H,19,21)(H,20,22). The van der Waals surface area contributed by atoms with Crippen LogP contribution in [0.4, 0.5) is 28.9 Å². The van der Waals surface area contributed by atoms with Crippen LogP contribution < -0.4 is 10.6 Å². The fourth-order valence-corrected chi connectivity index (χ4v) is 2.31. The topological polar surface area (TPSA) is 58.2 Å². The Balaban J connectivity index is 2.10. The minimum Gasteiger partial charge on any atom is -0.326 e. The first-order valence-electron chi connectivity index (χ1n) is 6.24. The van der Waals surface area contributed by atoms with Crippen molar-refractivity contribution in [3.63, 3.8) is 0 Å². The first-order valence-corrected chi connectivity index (χ1v) is 7.18. The molecule has 122 valence electrons. The van der Waals surface area contributed by atoms with Crippen molar-refractivity contribution in [1.29, 1.82) is 0 Å². The van der Waals surface area contributed by atoms with E-state index in [9.17, 15) is 27.2 Å². The number of carbonyl (C=O) groups is 2. The first kappa shape index (κ1) is 16.9. The molecule has 4 nitrogen and oxygen atoms in total. The average molecular weight is 346 g/mol. The van der Waals surface area contributed by atoms with Gasteiger partial charge in [-0.15, -0.1) is 0 Å². The van der Waals surface area contributed by atoms with E-state index in [4.69, 9.17) is 0 Å². The predicted octanol–water partition coefficient (Wildman–Crippen LogP) is 4.03. The van der Waals surface area contributed by atoms with E-state index in [2.05, 4.69) is 5.32 Å². The van der Waals surface area contributed by atoms with Crippen molar-refractivity contribution < 1.29 is 27.2 Å². The lowest BCUT2D eigenvalue weighted by Crippen LogP contribution is -2.21. The molecule has 1 heterocycles. The SMILES string of the molecule is O=C(CC(F)(F)F)Nc1ccc(F)c(NC(=O)c2ccsc2)c1. The molecule has 9 heteroatoms. The van der Waals surface area contributed by atoms with Gasteiger partial charge in [-0.1, -0.05) is 0 Å². The summed E-state index contributed by atoms with van der Waals surface area (Å²) in [5.74, 6) is -2.62. The van der Waals surface area contributed by atoms with Crippen LogP contribution in [0.5, 0.6) is 0 Å². The van der Waals surface area contributed by atoms with Gasteiger partial charge in [0.15, 0.2) is 0 Å². The number of anilines is 2. The Morgan fingerprint density at radius 3 is 2.48 bits per heavy atom. The Kier molecular flexibility index (Phi) is 4.99. The zero-order valence-electron chi connectivity index (χ0n) is 11.4. The van der Waals surface area contributed by atoms with Gasteiger partial charge in [-0.05, 0) is 29.6 Å². The molecule has 0 spiro atoms. The lowest BCUT2D eigenvalue weighted by Gasteiger charge is -2.10. The molecule has 0 saturated carbocycles. The van der Waals surface area contributed by atoms with E-state index in [-0.39, 0.29) is 11.4 Å². The molecule has 0 aliphatic heterocycles. The normalized spacial score (nSPS) is 11.1. The summed E-state index contributed by atoms with van der Waals surface area (Å²) in [6, 6.07) is 4.62. The number of nitrogens with one attached hydrogen (secondary N) is 2. The van der Waals surface area contributed by atoms with Crippen molar-refractivity contribution in [3.05, 3.63) is 46.4 Å². The van der Waals surface area contributed by atoms with Gasteiger partial charge in [-0.3, -0.25) is 9.59 Å². The van der Waals surface area contributed by atoms with Crippen LogP contribution in [0.3, 0.4) is 0 Å². The van der Waals surface area contributed by atoms with Crippen molar-refractivity contribution in [1.82, 2.24) is 0 Å². The number of rotatable bonds is 4. The molecular formula is C14H10F4N2O2S. The van der Waals surface area contributed by atoms with Crippen LogP contribution in [0, 0.1) is 5.82 Å². The maximum atomic E-state index is 13.7. The molecule has 0 unspecified atom stereocenters. The van der Waals surface area contributed by atoms with Crippen LogP contribution in [0.2, 0.25) is 0 Å². The van der Waals surface area contributed by atoms with E-state index in [0.717, 1.165) is 18.2 Å². The molecule has 23 heavy (non-hydrogen) atoms. The van der Waals surface area contributed by atoms with Gasteiger partial charge in [0, 0.05) is 11.1 Å². The van der Waals surface area contributed by atoms with Crippen LogP contribution in [0.25, 0.3) is 0 Å². The van der Waals surface area contributed by atoms with Crippen molar-refractivity contribution >= 4 is 34.5 Å². The molecule has 2 amide bonds. The monoisotopic (exact) mass is 346 g/mol. The number of hydrogen-bond donors (Lipinski definition) is 2. The summed E-state index contributed by atoms with van der Waals surface area (Å²) in [4.78, 5) is 23.1. The van der Waals surface area contributed by atoms with Gasteiger partial charge in [0.25, 0.3) is 5.91 Å². The van der Waals surface area contributed by atoms with E-state index in [1.54, 1.807) is 10.8 Å². The number of halogens is 4. The van der Waals surface area contributed by atoms with Crippen LogP contribution in [0.15, 0.2) is 35.0 Å². The van der Waals surface area contributed by atoms with E-state index >= 15 is 0 Å². The quantitative estimate of drug-likeness (QED) is 0.821. The van der Waals surface area contributed by atoms with Gasteiger partial charge in [-0.2, -0.15) is 24.5 Å². The Morgan fingerprint density at radius 2 is 1.87 bits per heavy atom. The highest BCUT2D eigenvalue weighted by Crippen LogP contribution is 2.23. The second-order valence-corrected chi connectivity index (χ2v) is 5.28. The summed E-state index contributed by atoms with van der Waals surface area (Å²) in [7, 11) is 0. The van der Waals surface area contributed by atoms with Gasteiger partial charge < -0.3 is 10.6 Å². The third-order valence-electron chi connectivity index (χ3n) is 2.64. The summed E-state index contributed by atoms with van der Waals surface area (Å²) in [5.41, 5.74) is 0.0215. The maximum absolute atomic E-state index is 13.7. The van der Waals surface area contributed by atoms with Gasteiger partial charge in [0.2, 0.25) is 5.91 Å². The van der Waals surface area contributed by atoms with E-state index in [0.29, 0.717) is 5.56 Å². The van der Waals surface area contributed by atoms with Crippen molar-refractivity contribution in [2.24, 2.45) is 0 Å². The molecular weight excluding hydrogens is 336 g/mol. The largest absolute Gasteiger partial charge is 0.397 e. The fraction of sp³-hybridized carbons (Fsp3) is 0.143. The van der Waals surface area contributed by atoms with Gasteiger partial charge >= 0.3 is 6.18 Å². The molecule has 0 radical (unpaired) electrons. The molecule has 0 aliphatic carbocycles. The smallest absolute Gasteiger partial charge is 0.326 e. The highest BCUT2D eigenvalue weighted by Gasteiger charge is 2.31. The lowest BCUT2D eigenvalue weighted by atomic mass is 10.2. The summed E-state index contributed by atoms with van der Waals surface area (Å²) >= 11 is 1.28. The molecule has 0 atom stereocenters. The van der Waals surface area contributed by atoms with E-state index < -0.39 is 30.2 Å². The van der Waals surface area contributed by atoms with E-state index in [1.165, 1.54) is 17.4 Å². The van der Waals surface area contributed by atoms with Gasteiger partial charge in [0.1, 0.15) is 12.2 Å². The Morgan fingerprint density at radius 1 is 1.13 bits per heavy atom. The molecule has 0 aliphatic rings. The second kappa shape index (κ2) is 6.78. The minimum atomic E-state index is -4.64. The second-order valence-electron chi connectivity index (χ2n) is 4.50. The van der Waals surface area contributed by atoms with Crippen LogP contribution >= 0.6 is 11.3 Å². The molecule has 0 saturated heterocycles. The molecule has 2 N–H and O–H groups in total. The average Bonchev–Trinajstić information content (AvgIpc) is 2.94. The van der Waals surface area contributed by atoms with Crippen LogP contribution in [0.1, 0.15) is 16.8 Å². The van der Waals surface area contributed by atoms with Gasteiger partial charge in [-0.25, -0.2) is 4.39 Å². The fourth-order valence-electron chi connectivity index (χ4n) is 1.67. The molecule has 0 bridgehead atoms. The summed E-state index contributed by atoms with van der Waals surface area (Å²) < 4.78 is 50.0. The predicted molar refractivity (Wildman–Crippen MR) is 78.0 cm³/mol. The molecule has 1 aromatic carbocycles. The Labute approximate surface area is 132 Å². The number of carbonyl (C=O) groups excluding carboxylic acids is 2. The van der Waals surface area contributed by atoms with Crippen molar-refractivity contribution in [2.45, 2.75) is 12.6 Å². The highest BCUT2D eigenvalue weighted by atomic mass is 32.1. The number of benzene rings is 1. The number of amides is 2. The number of hydrogen-bond acceptors (Lipinski definition) is 3. The van der Waals surface area contributed by atoms with Gasteiger partial charge in [0.05, 0.1) is 11.3 Å². The van der Waals surface area contributed by atoms with Crippen LogP contribution in [-0.2, 0) is 4.79 Å². The van der Waals surface area contributed by atoms with Crippen molar-refractivity contribution in [2.75, 3.05) is 10.6 Å². The minimum absolute atomic E-state index is 0.0544. The zero-order chi connectivity index (χ0) is 17.0. The molecule has 0 fully saturated rings. The maximum Gasteiger partial charge on any atom is 0.397 e. The molecule has 2 rings (SSSR count). The van der Waals surface area contributed by atoms with E-state index in [1.807, 2.05) is 5.32 Å². The highest BCUT2D eigenvalue weighted by molar-refractivity contribution is 7.08. The third kappa shape index (κ3) is 5.06. The number of thiophene rings is 1. The van der Waals surface area contributed by atoms with Crippen molar-refractivity contribution in [3.8, 4) is 0 Å². The Bertz CT molecular complexity index is 714. The summed E-state index contributed by atoms with van der Waals surface area (Å²) in [6.45, 7) is 0. The molecule has 2 aromatic rings. The summed E-state index contributed by atoms with van der Waals surface area (Å²) in [5, 5.41) is 7.52.